The highest BCUT2D eigenvalue weighted by Crippen LogP contribution is 2.14. The summed E-state index contributed by atoms with van der Waals surface area (Å²) in [5, 5.41) is 2.32. The molecule has 0 aliphatic rings. The second kappa shape index (κ2) is 6.61. The minimum atomic E-state index is -1.16. The fourth-order valence-corrected chi connectivity index (χ4v) is 1.57. The van der Waals surface area contributed by atoms with Crippen LogP contribution >= 0.6 is 0 Å². The zero-order valence-electron chi connectivity index (χ0n) is 11.6. The Hall–Kier alpha value is -3.03. The number of nitrogens with two attached hydrogens (primary N) is 1. The van der Waals surface area contributed by atoms with E-state index in [9.17, 15) is 14.0 Å². The Labute approximate surface area is 125 Å². The monoisotopic (exact) mass is 304 g/mol. The highest BCUT2D eigenvalue weighted by Gasteiger charge is 2.22. The van der Waals surface area contributed by atoms with Crippen molar-refractivity contribution in [3.05, 3.63) is 48.2 Å². The molecule has 0 radical (unpaired) electrons. The van der Waals surface area contributed by atoms with E-state index in [4.69, 9.17) is 10.5 Å². The number of hydrogen-bond acceptors (Lipinski definition) is 6. The number of aromatic nitrogens is 2. The highest BCUT2D eigenvalue weighted by molar-refractivity contribution is 5.98. The number of carbonyl (C=O) groups is 2. The van der Waals surface area contributed by atoms with Crippen LogP contribution in [0.3, 0.4) is 0 Å². The van der Waals surface area contributed by atoms with E-state index in [1.165, 1.54) is 37.5 Å². The number of nitrogens with zero attached hydrogens (tertiary/aromatic N) is 2. The van der Waals surface area contributed by atoms with Crippen LogP contribution in [0.2, 0.25) is 0 Å². The number of para-hydroxylation sites is 1. The van der Waals surface area contributed by atoms with Gasteiger partial charge in [0.15, 0.2) is 17.6 Å². The molecule has 1 aromatic carbocycles. The number of rotatable bonds is 4. The van der Waals surface area contributed by atoms with Crippen molar-refractivity contribution in [2.75, 3.05) is 11.1 Å². The Morgan fingerprint density at radius 3 is 2.64 bits per heavy atom. The number of nitrogen functional groups attached to an aromatic ring is 1. The van der Waals surface area contributed by atoms with Crippen molar-refractivity contribution in [1.82, 2.24) is 9.97 Å². The molecule has 0 fully saturated rings. The lowest BCUT2D eigenvalue weighted by molar-refractivity contribution is -0.123. The summed E-state index contributed by atoms with van der Waals surface area (Å²) in [6, 6.07) is 5.65. The van der Waals surface area contributed by atoms with Crippen molar-refractivity contribution in [3.63, 3.8) is 0 Å². The molecule has 1 aromatic heterocycles. The van der Waals surface area contributed by atoms with Crippen molar-refractivity contribution < 1.29 is 18.7 Å². The van der Waals surface area contributed by atoms with Gasteiger partial charge in [-0.1, -0.05) is 12.1 Å². The molecule has 22 heavy (non-hydrogen) atoms. The molecule has 0 saturated heterocycles. The smallest absolute Gasteiger partial charge is 0.361 e. The predicted molar refractivity (Wildman–Crippen MR) is 76.4 cm³/mol. The van der Waals surface area contributed by atoms with E-state index >= 15 is 0 Å². The summed E-state index contributed by atoms with van der Waals surface area (Å²) >= 11 is 0. The minimum absolute atomic E-state index is 0.00517. The first-order chi connectivity index (χ1) is 10.5. The molecule has 0 spiro atoms. The van der Waals surface area contributed by atoms with E-state index in [1.54, 1.807) is 6.07 Å². The van der Waals surface area contributed by atoms with Gasteiger partial charge in [0.05, 0.1) is 5.69 Å². The molecule has 0 aliphatic heterocycles. The van der Waals surface area contributed by atoms with Gasteiger partial charge < -0.3 is 15.8 Å². The van der Waals surface area contributed by atoms with Crippen molar-refractivity contribution >= 4 is 23.4 Å². The third-order valence-electron chi connectivity index (χ3n) is 2.70. The number of carbonyl (C=O) groups excluding carboxylic acids is 2. The SMILES string of the molecule is C[C@H](OC(=O)c1nccnc1N)C(=O)Nc1ccccc1F. The quantitative estimate of drug-likeness (QED) is 0.826. The molecule has 0 unspecified atom stereocenters. The average molecular weight is 304 g/mol. The van der Waals surface area contributed by atoms with Gasteiger partial charge in [0, 0.05) is 12.4 Å². The van der Waals surface area contributed by atoms with Gasteiger partial charge in [-0.3, -0.25) is 4.79 Å². The largest absolute Gasteiger partial charge is 0.448 e. The van der Waals surface area contributed by atoms with Gasteiger partial charge in [-0.15, -0.1) is 0 Å². The molecule has 7 nitrogen and oxygen atoms in total. The Bertz CT molecular complexity index is 708. The molecule has 3 N–H and O–H groups in total. The van der Waals surface area contributed by atoms with Gasteiger partial charge >= 0.3 is 5.97 Å². The first kappa shape index (κ1) is 15.4. The minimum Gasteiger partial charge on any atom is -0.448 e. The zero-order valence-corrected chi connectivity index (χ0v) is 11.6. The number of hydrogen-bond donors (Lipinski definition) is 2. The van der Waals surface area contributed by atoms with Crippen molar-refractivity contribution in [2.45, 2.75) is 13.0 Å². The van der Waals surface area contributed by atoms with Gasteiger partial charge in [-0.25, -0.2) is 19.2 Å². The summed E-state index contributed by atoms with van der Waals surface area (Å²) in [5.41, 5.74) is 5.30. The van der Waals surface area contributed by atoms with E-state index < -0.39 is 23.8 Å². The number of halogens is 1. The van der Waals surface area contributed by atoms with E-state index in [2.05, 4.69) is 15.3 Å². The van der Waals surface area contributed by atoms with E-state index in [1.807, 2.05) is 0 Å². The third-order valence-corrected chi connectivity index (χ3v) is 2.70. The van der Waals surface area contributed by atoms with Gasteiger partial charge in [0.1, 0.15) is 5.82 Å². The fourth-order valence-electron chi connectivity index (χ4n) is 1.57. The molecule has 8 heteroatoms. The van der Waals surface area contributed by atoms with Crippen LogP contribution in [-0.4, -0.2) is 27.9 Å². The molecule has 1 atom stereocenters. The van der Waals surface area contributed by atoms with Crippen LogP contribution in [0.4, 0.5) is 15.9 Å². The predicted octanol–water partition coefficient (Wildman–Crippen LogP) is 1.38. The number of amides is 1. The number of nitrogens with one attached hydrogen (secondary N) is 1. The summed E-state index contributed by atoms with van der Waals surface area (Å²) in [7, 11) is 0. The summed E-state index contributed by atoms with van der Waals surface area (Å²) in [6.07, 6.45) is 1.44. The van der Waals surface area contributed by atoms with E-state index in [0.29, 0.717) is 0 Å². The Morgan fingerprint density at radius 1 is 1.27 bits per heavy atom. The summed E-state index contributed by atoms with van der Waals surface area (Å²) < 4.78 is 18.4. The van der Waals surface area contributed by atoms with Gasteiger partial charge in [-0.05, 0) is 19.1 Å². The van der Waals surface area contributed by atoms with Crippen LogP contribution in [0, 0.1) is 5.82 Å². The molecular formula is C14H13FN4O3. The van der Waals surface area contributed by atoms with Crippen LogP contribution in [0.1, 0.15) is 17.4 Å². The summed E-state index contributed by atoms with van der Waals surface area (Å²) in [5.74, 6) is -2.26. The summed E-state index contributed by atoms with van der Waals surface area (Å²) in [4.78, 5) is 31.2. The van der Waals surface area contributed by atoms with Crippen LogP contribution in [-0.2, 0) is 9.53 Å². The molecule has 2 rings (SSSR count). The lowest BCUT2D eigenvalue weighted by atomic mass is 10.3. The maximum atomic E-state index is 13.4. The fraction of sp³-hybridized carbons (Fsp3) is 0.143. The molecule has 0 saturated carbocycles. The Kier molecular flexibility index (Phi) is 4.62. The number of esters is 1. The first-order valence-electron chi connectivity index (χ1n) is 6.32. The molecule has 2 aromatic rings. The van der Waals surface area contributed by atoms with Gasteiger partial charge in [0.2, 0.25) is 0 Å². The normalized spacial score (nSPS) is 11.5. The lowest BCUT2D eigenvalue weighted by Gasteiger charge is -2.13. The average Bonchev–Trinajstić information content (AvgIpc) is 2.49. The number of benzene rings is 1. The van der Waals surface area contributed by atoms with Crippen LogP contribution in [0.5, 0.6) is 0 Å². The molecule has 114 valence electrons. The third kappa shape index (κ3) is 3.54. The Balaban J connectivity index is 2.01. The molecule has 1 amide bonds. The maximum absolute atomic E-state index is 13.4. The highest BCUT2D eigenvalue weighted by atomic mass is 19.1. The second-order valence-corrected chi connectivity index (χ2v) is 4.31. The lowest BCUT2D eigenvalue weighted by Crippen LogP contribution is -2.30. The van der Waals surface area contributed by atoms with Crippen molar-refractivity contribution in [3.8, 4) is 0 Å². The van der Waals surface area contributed by atoms with Crippen LogP contribution in [0.15, 0.2) is 36.7 Å². The van der Waals surface area contributed by atoms with Crippen molar-refractivity contribution in [2.24, 2.45) is 0 Å². The van der Waals surface area contributed by atoms with E-state index in [-0.39, 0.29) is 17.2 Å². The molecule has 0 bridgehead atoms. The van der Waals surface area contributed by atoms with Crippen molar-refractivity contribution in [1.29, 1.82) is 0 Å². The number of anilines is 2. The zero-order chi connectivity index (χ0) is 16.1. The standard InChI is InChI=1S/C14H13FN4O3/c1-8(13(20)19-10-5-3-2-4-9(10)15)22-14(21)11-12(16)18-7-6-17-11/h2-8H,1H3,(H2,16,18)(H,19,20)/t8-/m0/s1. The summed E-state index contributed by atoms with van der Waals surface area (Å²) in [6.45, 7) is 1.35. The molecule has 1 heterocycles. The van der Waals surface area contributed by atoms with E-state index in [0.717, 1.165) is 0 Å². The second-order valence-electron chi connectivity index (χ2n) is 4.31. The maximum Gasteiger partial charge on any atom is 0.361 e. The van der Waals surface area contributed by atoms with Gasteiger partial charge in [0.25, 0.3) is 5.91 Å². The first-order valence-corrected chi connectivity index (χ1v) is 6.32. The van der Waals surface area contributed by atoms with Crippen LogP contribution < -0.4 is 11.1 Å². The molecular weight excluding hydrogens is 291 g/mol. The van der Waals surface area contributed by atoms with Crippen LogP contribution in [0.25, 0.3) is 0 Å². The number of ether oxygens (including phenoxy) is 1. The topological polar surface area (TPSA) is 107 Å². The Morgan fingerprint density at radius 2 is 1.95 bits per heavy atom. The van der Waals surface area contributed by atoms with Gasteiger partial charge in [-0.2, -0.15) is 0 Å². The molecule has 0 aliphatic carbocycles.